The van der Waals surface area contributed by atoms with E-state index in [0.29, 0.717) is 18.2 Å². The van der Waals surface area contributed by atoms with Gasteiger partial charge >= 0.3 is 0 Å². The summed E-state index contributed by atoms with van der Waals surface area (Å²) in [4.78, 5) is 11.9. The van der Waals surface area contributed by atoms with Gasteiger partial charge in [-0.05, 0) is 36.2 Å². The van der Waals surface area contributed by atoms with Crippen LogP contribution in [-0.4, -0.2) is 12.5 Å². The van der Waals surface area contributed by atoms with Crippen LogP contribution in [0.25, 0.3) is 0 Å². The Morgan fingerprint density at radius 1 is 1.19 bits per heavy atom. The van der Waals surface area contributed by atoms with Gasteiger partial charge in [0, 0.05) is 11.6 Å². The molecule has 0 spiro atoms. The predicted molar refractivity (Wildman–Crippen MR) is 84.6 cm³/mol. The highest BCUT2D eigenvalue weighted by Gasteiger charge is 2.06. The second-order valence-electron chi connectivity index (χ2n) is 4.63. The summed E-state index contributed by atoms with van der Waals surface area (Å²) in [5.41, 5.74) is 1.84. The van der Waals surface area contributed by atoms with Crippen LogP contribution in [0.2, 0.25) is 5.02 Å². The van der Waals surface area contributed by atoms with Crippen molar-refractivity contribution in [1.82, 2.24) is 5.32 Å². The van der Waals surface area contributed by atoms with Crippen molar-refractivity contribution < 1.29 is 9.53 Å². The summed E-state index contributed by atoms with van der Waals surface area (Å²) in [6.45, 7) is 3.05. The first-order valence-corrected chi connectivity index (χ1v) is 7.28. The molecule has 0 aromatic heterocycles. The molecule has 0 aliphatic heterocycles. The lowest BCUT2D eigenvalue weighted by molar-refractivity contribution is -0.120. The number of hydrogen-bond donors (Lipinski definition) is 1. The molecule has 2 aromatic rings. The molecule has 110 valence electrons. The third-order valence-corrected chi connectivity index (χ3v) is 3.38. The topological polar surface area (TPSA) is 38.3 Å². The van der Waals surface area contributed by atoms with E-state index in [4.69, 9.17) is 16.3 Å². The molecule has 0 saturated carbocycles. The summed E-state index contributed by atoms with van der Waals surface area (Å²) in [5, 5.41) is 3.51. The molecule has 0 unspecified atom stereocenters. The second kappa shape index (κ2) is 7.70. The number of nitrogens with one attached hydrogen (secondary N) is 1. The fraction of sp³-hybridized carbons (Fsp3) is 0.235. The van der Waals surface area contributed by atoms with E-state index in [0.717, 1.165) is 16.9 Å². The number of hydrogen-bond acceptors (Lipinski definition) is 2. The largest absolute Gasteiger partial charge is 0.494 e. The van der Waals surface area contributed by atoms with E-state index in [2.05, 4.69) is 5.32 Å². The fourth-order valence-corrected chi connectivity index (χ4v) is 2.19. The monoisotopic (exact) mass is 303 g/mol. The number of amides is 1. The third kappa shape index (κ3) is 4.80. The molecular formula is C17H18ClNO2. The second-order valence-corrected chi connectivity index (χ2v) is 5.03. The van der Waals surface area contributed by atoms with Crippen LogP contribution in [0, 0.1) is 0 Å². The van der Waals surface area contributed by atoms with Crippen molar-refractivity contribution in [1.29, 1.82) is 0 Å². The van der Waals surface area contributed by atoms with Gasteiger partial charge < -0.3 is 10.1 Å². The van der Waals surface area contributed by atoms with Gasteiger partial charge in [0.1, 0.15) is 5.75 Å². The van der Waals surface area contributed by atoms with Gasteiger partial charge in [0.25, 0.3) is 0 Å². The third-order valence-electron chi connectivity index (χ3n) is 3.01. The molecule has 21 heavy (non-hydrogen) atoms. The van der Waals surface area contributed by atoms with Crippen LogP contribution in [-0.2, 0) is 17.8 Å². The van der Waals surface area contributed by atoms with Gasteiger partial charge in [-0.3, -0.25) is 4.79 Å². The van der Waals surface area contributed by atoms with Crippen molar-refractivity contribution >= 4 is 17.5 Å². The van der Waals surface area contributed by atoms with Gasteiger partial charge in [-0.25, -0.2) is 0 Å². The number of carbonyl (C=O) groups is 1. The summed E-state index contributed by atoms with van der Waals surface area (Å²) in [6.07, 6.45) is 0.283. The highest BCUT2D eigenvalue weighted by atomic mass is 35.5. The van der Waals surface area contributed by atoms with Crippen LogP contribution in [0.3, 0.4) is 0 Å². The Labute approximate surface area is 129 Å². The molecule has 0 saturated heterocycles. The minimum atomic E-state index is -0.0510. The molecule has 0 bridgehead atoms. The smallest absolute Gasteiger partial charge is 0.224 e. The van der Waals surface area contributed by atoms with Gasteiger partial charge in [0.15, 0.2) is 0 Å². The number of ether oxygens (including phenoxy) is 1. The van der Waals surface area contributed by atoms with Crippen LogP contribution < -0.4 is 10.1 Å². The fourth-order valence-electron chi connectivity index (χ4n) is 1.99. The zero-order chi connectivity index (χ0) is 15.1. The summed E-state index contributed by atoms with van der Waals surface area (Å²) in [6, 6.07) is 15.1. The van der Waals surface area contributed by atoms with Crippen LogP contribution in [0.4, 0.5) is 0 Å². The standard InChI is InChI=1S/C17H18ClNO2/c1-2-21-15-8-5-6-13(10-15)12-19-17(20)11-14-7-3-4-9-16(14)18/h3-10H,2,11-12H2,1H3,(H,19,20). The number of carbonyl (C=O) groups excluding carboxylic acids is 1. The number of benzene rings is 2. The van der Waals surface area contributed by atoms with Crippen LogP contribution >= 0.6 is 11.6 Å². The van der Waals surface area contributed by atoms with Crippen molar-refractivity contribution in [3.8, 4) is 5.75 Å². The highest BCUT2D eigenvalue weighted by Crippen LogP contribution is 2.16. The first kappa shape index (κ1) is 15.4. The molecule has 0 heterocycles. The van der Waals surface area contributed by atoms with E-state index < -0.39 is 0 Å². The molecule has 0 aliphatic rings. The molecule has 4 heteroatoms. The van der Waals surface area contributed by atoms with Gasteiger partial charge in [0.05, 0.1) is 13.0 Å². The maximum absolute atomic E-state index is 11.9. The lowest BCUT2D eigenvalue weighted by Crippen LogP contribution is -2.24. The lowest BCUT2D eigenvalue weighted by atomic mass is 10.1. The Morgan fingerprint density at radius 2 is 2.00 bits per heavy atom. The molecule has 0 fully saturated rings. The van der Waals surface area contributed by atoms with Gasteiger partial charge in [-0.1, -0.05) is 41.9 Å². The molecule has 1 N–H and O–H groups in total. The average Bonchev–Trinajstić information content (AvgIpc) is 2.48. The Bertz CT molecular complexity index is 613. The normalized spacial score (nSPS) is 10.2. The molecular weight excluding hydrogens is 286 g/mol. The maximum Gasteiger partial charge on any atom is 0.224 e. The molecule has 2 aromatic carbocycles. The van der Waals surface area contributed by atoms with E-state index in [1.54, 1.807) is 6.07 Å². The quantitative estimate of drug-likeness (QED) is 0.885. The van der Waals surface area contributed by atoms with Gasteiger partial charge in [-0.15, -0.1) is 0 Å². The Balaban J connectivity index is 1.89. The highest BCUT2D eigenvalue weighted by molar-refractivity contribution is 6.31. The first-order chi connectivity index (χ1) is 10.2. The van der Waals surface area contributed by atoms with Crippen molar-refractivity contribution in [3.63, 3.8) is 0 Å². The predicted octanol–water partition coefficient (Wildman–Crippen LogP) is 3.60. The summed E-state index contributed by atoms with van der Waals surface area (Å²) < 4.78 is 5.43. The maximum atomic E-state index is 11.9. The van der Waals surface area contributed by atoms with E-state index in [9.17, 15) is 4.79 Å². The van der Waals surface area contributed by atoms with Crippen LogP contribution in [0.15, 0.2) is 48.5 Å². The summed E-state index contributed by atoms with van der Waals surface area (Å²) in [7, 11) is 0. The molecule has 2 rings (SSSR count). The molecule has 0 radical (unpaired) electrons. The van der Waals surface area contributed by atoms with E-state index in [1.807, 2.05) is 49.4 Å². The van der Waals surface area contributed by atoms with E-state index >= 15 is 0 Å². The van der Waals surface area contributed by atoms with Crippen molar-refractivity contribution in [2.24, 2.45) is 0 Å². The lowest BCUT2D eigenvalue weighted by Gasteiger charge is -2.08. The molecule has 0 aliphatic carbocycles. The summed E-state index contributed by atoms with van der Waals surface area (Å²) >= 11 is 6.04. The van der Waals surface area contributed by atoms with Crippen molar-refractivity contribution in [2.45, 2.75) is 19.9 Å². The summed E-state index contributed by atoms with van der Waals surface area (Å²) in [5.74, 6) is 0.764. The first-order valence-electron chi connectivity index (χ1n) is 6.91. The Morgan fingerprint density at radius 3 is 2.76 bits per heavy atom. The van der Waals surface area contributed by atoms with E-state index in [1.165, 1.54) is 0 Å². The molecule has 3 nitrogen and oxygen atoms in total. The zero-order valence-corrected chi connectivity index (χ0v) is 12.7. The minimum absolute atomic E-state index is 0.0510. The molecule has 1 amide bonds. The molecule has 0 atom stereocenters. The zero-order valence-electron chi connectivity index (χ0n) is 11.9. The minimum Gasteiger partial charge on any atom is -0.494 e. The van der Waals surface area contributed by atoms with Crippen LogP contribution in [0.1, 0.15) is 18.1 Å². The van der Waals surface area contributed by atoms with Crippen molar-refractivity contribution in [2.75, 3.05) is 6.61 Å². The Hall–Kier alpha value is -2.00. The SMILES string of the molecule is CCOc1cccc(CNC(=O)Cc2ccccc2Cl)c1. The van der Waals surface area contributed by atoms with Crippen molar-refractivity contribution in [3.05, 3.63) is 64.7 Å². The number of rotatable bonds is 6. The van der Waals surface area contributed by atoms with Crippen LogP contribution in [0.5, 0.6) is 5.75 Å². The van der Waals surface area contributed by atoms with Gasteiger partial charge in [0.2, 0.25) is 5.91 Å². The average molecular weight is 304 g/mol. The number of halogens is 1. The van der Waals surface area contributed by atoms with E-state index in [-0.39, 0.29) is 12.3 Å². The van der Waals surface area contributed by atoms with Gasteiger partial charge in [-0.2, -0.15) is 0 Å². The Kier molecular flexibility index (Phi) is 5.64.